The number of nitrogens with zero attached hydrogens (tertiary/aromatic N) is 2. The van der Waals surface area contributed by atoms with Gasteiger partial charge in [-0.3, -0.25) is 9.78 Å². The van der Waals surface area contributed by atoms with Crippen molar-refractivity contribution < 1.29 is 4.79 Å². The lowest BCUT2D eigenvalue weighted by Gasteiger charge is -2.20. The summed E-state index contributed by atoms with van der Waals surface area (Å²) in [6.07, 6.45) is 6.01. The Kier molecular flexibility index (Phi) is 6.08. The number of amides is 1. The highest BCUT2D eigenvalue weighted by Crippen LogP contribution is 2.14. The van der Waals surface area contributed by atoms with Gasteiger partial charge in [-0.15, -0.1) is 0 Å². The average Bonchev–Trinajstić information content (AvgIpc) is 2.32. The molecule has 16 heavy (non-hydrogen) atoms. The second-order valence-corrected chi connectivity index (χ2v) is 4.28. The van der Waals surface area contributed by atoms with Crippen molar-refractivity contribution in [3.05, 3.63) is 24.5 Å². The van der Waals surface area contributed by atoms with Crippen molar-refractivity contribution in [2.24, 2.45) is 0 Å². The summed E-state index contributed by atoms with van der Waals surface area (Å²) in [7, 11) is 0. The zero-order valence-electron chi connectivity index (χ0n) is 9.53. The molecule has 1 aromatic rings. The highest BCUT2D eigenvalue weighted by Gasteiger charge is 2.12. The Morgan fingerprint density at radius 3 is 2.62 bits per heavy atom. The fourth-order valence-corrected chi connectivity index (χ4v) is 1.93. The van der Waals surface area contributed by atoms with Gasteiger partial charge in [-0.2, -0.15) is 0 Å². The van der Waals surface area contributed by atoms with Crippen LogP contribution >= 0.6 is 15.9 Å². The second-order valence-electron chi connectivity index (χ2n) is 3.49. The first-order valence-corrected chi connectivity index (χ1v) is 6.68. The Balaban J connectivity index is 2.57. The number of pyridine rings is 1. The molecule has 0 unspecified atom stereocenters. The molecule has 0 aliphatic heterocycles. The van der Waals surface area contributed by atoms with Gasteiger partial charge in [0.25, 0.3) is 0 Å². The van der Waals surface area contributed by atoms with Crippen molar-refractivity contribution in [2.75, 3.05) is 16.8 Å². The molecule has 1 rings (SSSR count). The molecule has 0 radical (unpaired) electrons. The standard InChI is InChI=1S/C12H17BrN2O/c1-2-15(11-6-9-14-10-7-11)12(16)5-3-4-8-13/h6-7,9-10H,2-5,8H2,1H3. The Hall–Kier alpha value is -0.900. The van der Waals surface area contributed by atoms with Gasteiger partial charge in [-0.05, 0) is 31.9 Å². The molecule has 0 N–H and O–H groups in total. The molecule has 1 heterocycles. The van der Waals surface area contributed by atoms with Crippen LogP contribution in [0.5, 0.6) is 0 Å². The molecule has 0 aliphatic rings. The predicted molar refractivity (Wildman–Crippen MR) is 69.9 cm³/mol. The third-order valence-electron chi connectivity index (χ3n) is 2.37. The first-order valence-electron chi connectivity index (χ1n) is 5.56. The summed E-state index contributed by atoms with van der Waals surface area (Å²) in [5.41, 5.74) is 0.932. The molecule has 1 aromatic heterocycles. The highest BCUT2D eigenvalue weighted by atomic mass is 79.9. The summed E-state index contributed by atoms with van der Waals surface area (Å²) >= 11 is 3.37. The lowest BCUT2D eigenvalue weighted by atomic mass is 10.2. The molecule has 0 fully saturated rings. The average molecular weight is 285 g/mol. The van der Waals surface area contributed by atoms with Crippen LogP contribution in [0.2, 0.25) is 0 Å². The summed E-state index contributed by atoms with van der Waals surface area (Å²) in [4.78, 5) is 17.7. The third kappa shape index (κ3) is 3.93. The van der Waals surface area contributed by atoms with E-state index in [1.807, 2.05) is 19.1 Å². The predicted octanol–water partition coefficient (Wildman–Crippen LogP) is 3.00. The largest absolute Gasteiger partial charge is 0.313 e. The van der Waals surface area contributed by atoms with Gasteiger partial charge in [0.05, 0.1) is 0 Å². The molecule has 0 aromatic carbocycles. The molecule has 0 spiro atoms. The van der Waals surface area contributed by atoms with E-state index in [1.54, 1.807) is 17.3 Å². The number of unbranched alkanes of at least 4 members (excludes halogenated alkanes) is 1. The summed E-state index contributed by atoms with van der Waals surface area (Å²) in [6, 6.07) is 3.73. The van der Waals surface area contributed by atoms with E-state index in [-0.39, 0.29) is 5.91 Å². The molecule has 0 saturated carbocycles. The van der Waals surface area contributed by atoms with Crippen molar-refractivity contribution in [3.63, 3.8) is 0 Å². The van der Waals surface area contributed by atoms with E-state index in [0.717, 1.165) is 23.9 Å². The van der Waals surface area contributed by atoms with Gasteiger partial charge in [0, 0.05) is 36.4 Å². The van der Waals surface area contributed by atoms with E-state index in [1.165, 1.54) is 0 Å². The Morgan fingerprint density at radius 2 is 2.06 bits per heavy atom. The monoisotopic (exact) mass is 284 g/mol. The molecule has 88 valence electrons. The minimum Gasteiger partial charge on any atom is -0.313 e. The van der Waals surface area contributed by atoms with E-state index < -0.39 is 0 Å². The van der Waals surface area contributed by atoms with E-state index in [2.05, 4.69) is 20.9 Å². The summed E-state index contributed by atoms with van der Waals surface area (Å²) < 4.78 is 0. The van der Waals surface area contributed by atoms with Crippen molar-refractivity contribution in [3.8, 4) is 0 Å². The lowest BCUT2D eigenvalue weighted by molar-refractivity contribution is -0.118. The molecule has 1 amide bonds. The quantitative estimate of drug-likeness (QED) is 0.594. The molecule has 4 heteroatoms. The zero-order chi connectivity index (χ0) is 11.8. The van der Waals surface area contributed by atoms with Gasteiger partial charge in [0.15, 0.2) is 0 Å². The number of hydrogen-bond acceptors (Lipinski definition) is 2. The number of rotatable bonds is 6. The number of anilines is 1. The van der Waals surface area contributed by atoms with Crippen LogP contribution in [0, 0.1) is 0 Å². The maximum absolute atomic E-state index is 11.9. The molecular weight excluding hydrogens is 268 g/mol. The molecule has 3 nitrogen and oxygen atoms in total. The number of carbonyl (C=O) groups is 1. The minimum absolute atomic E-state index is 0.189. The van der Waals surface area contributed by atoms with Crippen LogP contribution in [0.15, 0.2) is 24.5 Å². The fraction of sp³-hybridized carbons (Fsp3) is 0.500. The molecule has 0 atom stereocenters. The van der Waals surface area contributed by atoms with Gasteiger partial charge in [0.1, 0.15) is 0 Å². The third-order valence-corrected chi connectivity index (χ3v) is 2.93. The topological polar surface area (TPSA) is 33.2 Å². The number of carbonyl (C=O) groups excluding carboxylic acids is 1. The number of aromatic nitrogens is 1. The van der Waals surface area contributed by atoms with Gasteiger partial charge >= 0.3 is 0 Å². The lowest BCUT2D eigenvalue weighted by Crippen LogP contribution is -2.30. The van der Waals surface area contributed by atoms with Crippen LogP contribution in [0.3, 0.4) is 0 Å². The van der Waals surface area contributed by atoms with Crippen molar-refractivity contribution in [1.82, 2.24) is 4.98 Å². The first-order chi connectivity index (χ1) is 7.79. The van der Waals surface area contributed by atoms with Gasteiger partial charge in [0.2, 0.25) is 5.91 Å². The van der Waals surface area contributed by atoms with Crippen LogP contribution in [0.4, 0.5) is 5.69 Å². The van der Waals surface area contributed by atoms with E-state index in [4.69, 9.17) is 0 Å². The van der Waals surface area contributed by atoms with E-state index in [9.17, 15) is 4.79 Å². The Bertz CT molecular complexity index is 316. The SMILES string of the molecule is CCN(C(=O)CCCCBr)c1ccncc1. The molecular formula is C12H17BrN2O. The van der Waals surface area contributed by atoms with Crippen LogP contribution < -0.4 is 4.90 Å². The molecule has 0 saturated heterocycles. The number of hydrogen-bond donors (Lipinski definition) is 0. The normalized spacial score (nSPS) is 10.1. The first kappa shape index (κ1) is 13.2. The smallest absolute Gasteiger partial charge is 0.226 e. The van der Waals surface area contributed by atoms with Gasteiger partial charge in [-0.25, -0.2) is 0 Å². The molecule has 0 bridgehead atoms. The maximum atomic E-state index is 11.9. The van der Waals surface area contributed by atoms with Gasteiger partial charge < -0.3 is 4.90 Å². The van der Waals surface area contributed by atoms with Crippen LogP contribution in [0.25, 0.3) is 0 Å². The zero-order valence-corrected chi connectivity index (χ0v) is 11.1. The van der Waals surface area contributed by atoms with Crippen LogP contribution in [-0.2, 0) is 4.79 Å². The summed E-state index contributed by atoms with van der Waals surface area (Å²) in [5.74, 6) is 0.189. The van der Waals surface area contributed by atoms with Crippen molar-refractivity contribution in [2.45, 2.75) is 26.2 Å². The second kappa shape index (κ2) is 7.39. The van der Waals surface area contributed by atoms with Gasteiger partial charge in [-0.1, -0.05) is 15.9 Å². The van der Waals surface area contributed by atoms with Crippen molar-refractivity contribution in [1.29, 1.82) is 0 Å². The van der Waals surface area contributed by atoms with Crippen molar-refractivity contribution >= 4 is 27.5 Å². The Labute approximate surface area is 105 Å². The van der Waals surface area contributed by atoms with Crippen LogP contribution in [0.1, 0.15) is 26.2 Å². The summed E-state index contributed by atoms with van der Waals surface area (Å²) in [5, 5.41) is 0.960. The van der Waals surface area contributed by atoms with Crippen LogP contribution in [-0.4, -0.2) is 22.8 Å². The van der Waals surface area contributed by atoms with E-state index >= 15 is 0 Å². The number of alkyl halides is 1. The highest BCUT2D eigenvalue weighted by molar-refractivity contribution is 9.09. The fourth-order valence-electron chi connectivity index (χ4n) is 1.53. The molecule has 0 aliphatic carbocycles. The Morgan fingerprint density at radius 1 is 1.38 bits per heavy atom. The maximum Gasteiger partial charge on any atom is 0.226 e. The summed E-state index contributed by atoms with van der Waals surface area (Å²) in [6.45, 7) is 2.69. The minimum atomic E-state index is 0.189. The number of halogens is 1. The van der Waals surface area contributed by atoms with E-state index in [0.29, 0.717) is 13.0 Å².